The van der Waals surface area contributed by atoms with Crippen molar-refractivity contribution >= 4 is 5.91 Å². The van der Waals surface area contributed by atoms with Gasteiger partial charge in [-0.1, -0.05) is 43.2 Å². The van der Waals surface area contributed by atoms with E-state index in [0.717, 1.165) is 36.5 Å². The van der Waals surface area contributed by atoms with Gasteiger partial charge in [0.2, 0.25) is 0 Å². The van der Waals surface area contributed by atoms with Crippen LogP contribution < -0.4 is 5.32 Å². The lowest BCUT2D eigenvalue weighted by molar-refractivity contribution is 0.0821. The van der Waals surface area contributed by atoms with Crippen molar-refractivity contribution in [2.75, 3.05) is 20.6 Å². The second-order valence-corrected chi connectivity index (χ2v) is 6.42. The van der Waals surface area contributed by atoms with Crippen molar-refractivity contribution < 1.29 is 4.79 Å². The Labute approximate surface area is 143 Å². The summed E-state index contributed by atoms with van der Waals surface area (Å²) in [5.41, 5.74) is 2.26. The first-order chi connectivity index (χ1) is 11.6. The highest BCUT2D eigenvalue weighted by molar-refractivity contribution is 5.92. The van der Waals surface area contributed by atoms with Gasteiger partial charge >= 0.3 is 0 Å². The topological polar surface area (TPSA) is 58.1 Å². The number of amides is 1. The van der Waals surface area contributed by atoms with Gasteiger partial charge in [-0.05, 0) is 25.5 Å². The summed E-state index contributed by atoms with van der Waals surface area (Å²) in [6.45, 7) is 0.973. The largest absolute Gasteiger partial charge is 0.343 e. The maximum absolute atomic E-state index is 12.4. The molecule has 1 saturated heterocycles. The average molecular weight is 324 g/mol. The molecule has 1 unspecified atom stereocenters. The van der Waals surface area contributed by atoms with Gasteiger partial charge in [-0.15, -0.1) is 0 Å². The third-order valence-corrected chi connectivity index (χ3v) is 4.31. The monoisotopic (exact) mass is 324 g/mol. The van der Waals surface area contributed by atoms with Gasteiger partial charge in [-0.2, -0.15) is 0 Å². The number of rotatable bonds is 3. The molecular weight excluding hydrogens is 300 g/mol. The van der Waals surface area contributed by atoms with E-state index >= 15 is 0 Å². The highest BCUT2D eigenvalue weighted by atomic mass is 16.2. The Bertz CT molecular complexity index is 692. The van der Waals surface area contributed by atoms with Gasteiger partial charge in [0.1, 0.15) is 11.5 Å². The van der Waals surface area contributed by atoms with Gasteiger partial charge in [0.25, 0.3) is 5.91 Å². The SMILES string of the molecule is CN(C)C(=O)c1cc(-c2ccccc2)nc(C2CCCCCN2)n1. The molecule has 1 aromatic carbocycles. The molecule has 1 fully saturated rings. The van der Waals surface area contributed by atoms with Crippen molar-refractivity contribution in [2.24, 2.45) is 0 Å². The molecule has 1 atom stereocenters. The van der Waals surface area contributed by atoms with Crippen molar-refractivity contribution in [1.82, 2.24) is 20.2 Å². The summed E-state index contributed by atoms with van der Waals surface area (Å²) in [5, 5.41) is 3.52. The minimum Gasteiger partial charge on any atom is -0.343 e. The highest BCUT2D eigenvalue weighted by Gasteiger charge is 2.21. The second-order valence-electron chi connectivity index (χ2n) is 6.42. The molecule has 2 aromatic rings. The number of aromatic nitrogens is 2. The lowest BCUT2D eigenvalue weighted by Crippen LogP contribution is -2.26. The second kappa shape index (κ2) is 7.53. The van der Waals surface area contributed by atoms with Crippen molar-refractivity contribution in [2.45, 2.75) is 31.7 Å². The van der Waals surface area contributed by atoms with Gasteiger partial charge in [0.05, 0.1) is 11.7 Å². The summed E-state index contributed by atoms with van der Waals surface area (Å²) < 4.78 is 0. The fourth-order valence-corrected chi connectivity index (χ4v) is 2.97. The van der Waals surface area contributed by atoms with Crippen molar-refractivity contribution in [3.8, 4) is 11.3 Å². The van der Waals surface area contributed by atoms with E-state index in [0.29, 0.717) is 5.69 Å². The van der Waals surface area contributed by atoms with Crippen molar-refractivity contribution in [3.05, 3.63) is 47.9 Å². The molecule has 5 nitrogen and oxygen atoms in total. The van der Waals surface area contributed by atoms with Crippen LogP contribution in [-0.2, 0) is 0 Å². The summed E-state index contributed by atoms with van der Waals surface area (Å²) >= 11 is 0. The summed E-state index contributed by atoms with van der Waals surface area (Å²) in [5.74, 6) is 0.632. The minimum absolute atomic E-state index is 0.0931. The van der Waals surface area contributed by atoms with E-state index in [1.807, 2.05) is 30.3 Å². The van der Waals surface area contributed by atoms with Crippen LogP contribution in [0.25, 0.3) is 11.3 Å². The van der Waals surface area contributed by atoms with Crippen molar-refractivity contribution in [3.63, 3.8) is 0 Å². The molecule has 5 heteroatoms. The zero-order chi connectivity index (χ0) is 16.9. The number of hydrogen-bond donors (Lipinski definition) is 1. The van der Waals surface area contributed by atoms with Crippen LogP contribution in [0.4, 0.5) is 0 Å². The van der Waals surface area contributed by atoms with E-state index in [1.165, 1.54) is 12.8 Å². The van der Waals surface area contributed by atoms with E-state index < -0.39 is 0 Å². The lowest BCUT2D eigenvalue weighted by atomic mass is 10.1. The first-order valence-corrected chi connectivity index (χ1v) is 8.54. The Hall–Kier alpha value is -2.27. The molecule has 0 radical (unpaired) electrons. The number of benzene rings is 1. The average Bonchev–Trinajstić information content (AvgIpc) is 2.91. The molecule has 126 valence electrons. The van der Waals surface area contributed by atoms with Gasteiger partial charge in [0, 0.05) is 19.7 Å². The van der Waals surface area contributed by atoms with E-state index in [9.17, 15) is 4.79 Å². The fraction of sp³-hybridized carbons (Fsp3) is 0.421. The smallest absolute Gasteiger partial charge is 0.272 e. The quantitative estimate of drug-likeness (QED) is 0.943. The maximum atomic E-state index is 12.4. The predicted octanol–water partition coefficient (Wildman–Crippen LogP) is 3.05. The summed E-state index contributed by atoms with van der Waals surface area (Å²) in [7, 11) is 3.49. The third-order valence-electron chi connectivity index (χ3n) is 4.31. The Balaban J connectivity index is 2.04. The van der Waals surface area contributed by atoms with E-state index in [-0.39, 0.29) is 11.9 Å². The van der Waals surface area contributed by atoms with E-state index in [1.54, 1.807) is 25.1 Å². The summed E-state index contributed by atoms with van der Waals surface area (Å²) in [6.07, 6.45) is 4.57. The number of carbonyl (C=O) groups is 1. The van der Waals surface area contributed by atoms with E-state index in [4.69, 9.17) is 4.98 Å². The van der Waals surface area contributed by atoms with Crippen LogP contribution in [0.3, 0.4) is 0 Å². The Morgan fingerprint density at radius 2 is 1.92 bits per heavy atom. The minimum atomic E-state index is -0.0931. The fourth-order valence-electron chi connectivity index (χ4n) is 2.97. The van der Waals surface area contributed by atoms with Gasteiger partial charge in [0.15, 0.2) is 0 Å². The number of hydrogen-bond acceptors (Lipinski definition) is 4. The van der Waals surface area contributed by atoms with Crippen LogP contribution in [-0.4, -0.2) is 41.4 Å². The molecule has 0 aliphatic carbocycles. The number of carbonyl (C=O) groups excluding carboxylic acids is 1. The lowest BCUT2D eigenvalue weighted by Gasteiger charge is -2.17. The molecule has 2 heterocycles. The van der Waals surface area contributed by atoms with Gasteiger partial charge in [-0.3, -0.25) is 4.79 Å². The van der Waals surface area contributed by atoms with Crippen LogP contribution in [0.15, 0.2) is 36.4 Å². The van der Waals surface area contributed by atoms with Crippen LogP contribution in [0.2, 0.25) is 0 Å². The van der Waals surface area contributed by atoms with Gasteiger partial charge < -0.3 is 10.2 Å². The van der Waals surface area contributed by atoms with Crippen LogP contribution in [0.5, 0.6) is 0 Å². The normalized spacial score (nSPS) is 18.0. The molecule has 1 aliphatic heterocycles. The molecule has 0 bridgehead atoms. The number of nitrogens with one attached hydrogen (secondary N) is 1. The summed E-state index contributed by atoms with van der Waals surface area (Å²) in [4.78, 5) is 23.4. The van der Waals surface area contributed by atoms with E-state index in [2.05, 4.69) is 10.3 Å². The molecule has 1 amide bonds. The van der Waals surface area contributed by atoms with Gasteiger partial charge in [-0.25, -0.2) is 9.97 Å². The zero-order valence-electron chi connectivity index (χ0n) is 14.3. The zero-order valence-corrected chi connectivity index (χ0v) is 14.3. The van der Waals surface area contributed by atoms with Crippen LogP contribution >= 0.6 is 0 Å². The molecule has 0 saturated carbocycles. The Morgan fingerprint density at radius 3 is 2.67 bits per heavy atom. The van der Waals surface area contributed by atoms with Crippen LogP contribution in [0.1, 0.15) is 48.0 Å². The Morgan fingerprint density at radius 1 is 1.12 bits per heavy atom. The maximum Gasteiger partial charge on any atom is 0.272 e. The van der Waals surface area contributed by atoms with Crippen molar-refractivity contribution in [1.29, 1.82) is 0 Å². The molecular formula is C19H24N4O. The Kier molecular flexibility index (Phi) is 5.20. The number of nitrogens with zero attached hydrogens (tertiary/aromatic N) is 3. The molecule has 24 heavy (non-hydrogen) atoms. The highest BCUT2D eigenvalue weighted by Crippen LogP contribution is 2.24. The first kappa shape index (κ1) is 16.6. The molecule has 0 spiro atoms. The predicted molar refractivity (Wildman–Crippen MR) is 94.7 cm³/mol. The molecule has 1 aromatic heterocycles. The third kappa shape index (κ3) is 3.79. The van der Waals surface area contributed by atoms with Crippen LogP contribution in [0, 0.1) is 0 Å². The standard InChI is InChI=1S/C19H24N4O/c1-23(2)19(24)17-13-16(14-9-5-3-6-10-14)21-18(22-17)15-11-7-4-8-12-20-15/h3,5-6,9-10,13,15,20H,4,7-8,11-12H2,1-2H3. The molecule has 3 rings (SSSR count). The molecule has 1 aliphatic rings. The molecule has 1 N–H and O–H groups in total. The first-order valence-electron chi connectivity index (χ1n) is 8.54. The summed E-state index contributed by atoms with van der Waals surface area (Å²) in [6, 6.07) is 11.9.